The maximum atomic E-state index is 12.3. The lowest BCUT2D eigenvalue weighted by atomic mass is 10.3. The Morgan fingerprint density at radius 3 is 2.86 bits per heavy atom. The number of H-pyrrole nitrogens is 1. The molecule has 0 aliphatic rings. The summed E-state index contributed by atoms with van der Waals surface area (Å²) in [6, 6.07) is 9.68. The van der Waals surface area contributed by atoms with E-state index in [0.29, 0.717) is 12.1 Å². The molecule has 6 nitrogen and oxygen atoms in total. The second kappa shape index (κ2) is 5.62. The van der Waals surface area contributed by atoms with Gasteiger partial charge < -0.3 is 9.88 Å². The molecule has 0 bridgehead atoms. The van der Waals surface area contributed by atoms with Crippen LogP contribution in [0, 0.1) is 0 Å². The fourth-order valence-electron chi connectivity index (χ4n) is 2.06. The number of para-hydroxylation sites is 1. The summed E-state index contributed by atoms with van der Waals surface area (Å²) >= 11 is 0. The Morgan fingerprint density at radius 1 is 1.33 bits per heavy atom. The standard InChI is InChI=1S/C15H15N5O/c1-19(11-14-16-7-8-17-14)15(21)12-9-18-20(10-12)13-5-3-2-4-6-13/h2-10H,11H2,1H3,(H,16,17). The second-order valence-electron chi connectivity index (χ2n) is 4.71. The Hall–Kier alpha value is -2.89. The van der Waals surface area contributed by atoms with Crippen LogP contribution in [0.1, 0.15) is 16.2 Å². The Bertz CT molecular complexity index is 718. The van der Waals surface area contributed by atoms with Gasteiger partial charge in [-0.25, -0.2) is 9.67 Å². The molecule has 0 radical (unpaired) electrons. The summed E-state index contributed by atoms with van der Waals surface area (Å²) in [5, 5.41) is 4.23. The van der Waals surface area contributed by atoms with Crippen molar-refractivity contribution in [2.45, 2.75) is 6.54 Å². The van der Waals surface area contributed by atoms with E-state index in [1.807, 2.05) is 30.3 Å². The summed E-state index contributed by atoms with van der Waals surface area (Å²) in [4.78, 5) is 21.0. The quantitative estimate of drug-likeness (QED) is 0.794. The molecule has 0 fully saturated rings. The second-order valence-corrected chi connectivity index (χ2v) is 4.71. The molecule has 106 valence electrons. The summed E-state index contributed by atoms with van der Waals surface area (Å²) < 4.78 is 1.69. The first-order valence-corrected chi connectivity index (χ1v) is 6.58. The number of nitrogens with zero attached hydrogens (tertiary/aromatic N) is 4. The number of aromatic nitrogens is 4. The van der Waals surface area contributed by atoms with Crippen molar-refractivity contribution in [3.05, 3.63) is 66.5 Å². The van der Waals surface area contributed by atoms with Crippen LogP contribution in [0.5, 0.6) is 0 Å². The molecule has 1 N–H and O–H groups in total. The topological polar surface area (TPSA) is 66.8 Å². The predicted octanol–water partition coefficient (Wildman–Crippen LogP) is 1.87. The van der Waals surface area contributed by atoms with Gasteiger partial charge in [-0.3, -0.25) is 4.79 Å². The number of hydrogen-bond donors (Lipinski definition) is 1. The molecule has 0 spiro atoms. The van der Waals surface area contributed by atoms with Crippen molar-refractivity contribution in [1.82, 2.24) is 24.6 Å². The van der Waals surface area contributed by atoms with Crippen LogP contribution in [0.4, 0.5) is 0 Å². The highest BCUT2D eigenvalue weighted by Crippen LogP contribution is 2.10. The van der Waals surface area contributed by atoms with Crippen molar-refractivity contribution < 1.29 is 4.79 Å². The lowest BCUT2D eigenvalue weighted by molar-refractivity contribution is 0.0782. The molecule has 0 aliphatic carbocycles. The normalized spacial score (nSPS) is 10.5. The summed E-state index contributed by atoms with van der Waals surface area (Å²) in [6.45, 7) is 0.433. The molecule has 1 aromatic carbocycles. The van der Waals surface area contributed by atoms with Crippen LogP contribution in [0.2, 0.25) is 0 Å². The first kappa shape index (κ1) is 13.1. The highest BCUT2D eigenvalue weighted by molar-refractivity contribution is 5.93. The van der Waals surface area contributed by atoms with E-state index in [4.69, 9.17) is 0 Å². The van der Waals surface area contributed by atoms with E-state index >= 15 is 0 Å². The van der Waals surface area contributed by atoms with Crippen LogP contribution in [0.15, 0.2) is 55.1 Å². The minimum absolute atomic E-state index is 0.0893. The number of hydrogen-bond acceptors (Lipinski definition) is 3. The van der Waals surface area contributed by atoms with Crippen molar-refractivity contribution in [3.8, 4) is 5.69 Å². The van der Waals surface area contributed by atoms with Gasteiger partial charge in [-0.15, -0.1) is 0 Å². The molecular weight excluding hydrogens is 266 g/mol. The molecule has 0 atom stereocenters. The van der Waals surface area contributed by atoms with Gasteiger partial charge in [0.15, 0.2) is 0 Å². The van der Waals surface area contributed by atoms with E-state index < -0.39 is 0 Å². The average Bonchev–Trinajstić information content (AvgIpc) is 3.18. The summed E-state index contributed by atoms with van der Waals surface area (Å²) in [5.74, 6) is 0.662. The van der Waals surface area contributed by atoms with E-state index in [9.17, 15) is 4.79 Å². The van der Waals surface area contributed by atoms with E-state index in [1.165, 1.54) is 0 Å². The molecule has 2 aromatic heterocycles. The summed E-state index contributed by atoms with van der Waals surface area (Å²) in [7, 11) is 1.74. The summed E-state index contributed by atoms with van der Waals surface area (Å²) in [6.07, 6.45) is 6.71. The number of carbonyl (C=O) groups is 1. The number of amides is 1. The lowest BCUT2D eigenvalue weighted by Crippen LogP contribution is -2.26. The van der Waals surface area contributed by atoms with Gasteiger partial charge in [-0.05, 0) is 12.1 Å². The smallest absolute Gasteiger partial charge is 0.257 e. The molecule has 3 rings (SSSR count). The predicted molar refractivity (Wildman–Crippen MR) is 77.9 cm³/mol. The number of nitrogens with one attached hydrogen (secondary N) is 1. The molecule has 6 heteroatoms. The number of imidazole rings is 1. The highest BCUT2D eigenvalue weighted by atomic mass is 16.2. The van der Waals surface area contributed by atoms with Gasteiger partial charge in [-0.1, -0.05) is 18.2 Å². The van der Waals surface area contributed by atoms with Crippen molar-refractivity contribution in [3.63, 3.8) is 0 Å². The van der Waals surface area contributed by atoms with Gasteiger partial charge >= 0.3 is 0 Å². The maximum absolute atomic E-state index is 12.3. The molecule has 0 aliphatic heterocycles. The summed E-state index contributed by atoms with van der Waals surface area (Å²) in [5.41, 5.74) is 1.47. The SMILES string of the molecule is CN(Cc1ncc[nH]1)C(=O)c1cnn(-c2ccccc2)c1. The number of benzene rings is 1. The zero-order chi connectivity index (χ0) is 14.7. The minimum Gasteiger partial charge on any atom is -0.347 e. The van der Waals surface area contributed by atoms with Crippen molar-refractivity contribution >= 4 is 5.91 Å². The maximum Gasteiger partial charge on any atom is 0.257 e. The van der Waals surface area contributed by atoms with Gasteiger partial charge in [0.1, 0.15) is 5.82 Å². The zero-order valence-corrected chi connectivity index (χ0v) is 11.6. The van der Waals surface area contributed by atoms with Crippen LogP contribution in [0.3, 0.4) is 0 Å². The van der Waals surface area contributed by atoms with Gasteiger partial charge in [0.2, 0.25) is 0 Å². The van der Waals surface area contributed by atoms with Gasteiger partial charge in [-0.2, -0.15) is 5.10 Å². The largest absolute Gasteiger partial charge is 0.347 e. The molecule has 0 saturated carbocycles. The van der Waals surface area contributed by atoms with Gasteiger partial charge in [0.25, 0.3) is 5.91 Å². The van der Waals surface area contributed by atoms with E-state index in [0.717, 1.165) is 11.5 Å². The van der Waals surface area contributed by atoms with Crippen molar-refractivity contribution in [1.29, 1.82) is 0 Å². The molecule has 2 heterocycles. The molecular formula is C15H15N5O. The zero-order valence-electron chi connectivity index (χ0n) is 11.6. The van der Waals surface area contributed by atoms with E-state index in [-0.39, 0.29) is 5.91 Å². The number of aromatic amines is 1. The average molecular weight is 281 g/mol. The molecule has 0 unspecified atom stereocenters. The Labute approximate surface area is 122 Å². The third-order valence-corrected chi connectivity index (χ3v) is 3.14. The monoisotopic (exact) mass is 281 g/mol. The van der Waals surface area contributed by atoms with Crippen LogP contribution >= 0.6 is 0 Å². The minimum atomic E-state index is -0.0893. The third kappa shape index (κ3) is 2.84. The first-order valence-electron chi connectivity index (χ1n) is 6.58. The number of carbonyl (C=O) groups excluding carboxylic acids is 1. The van der Waals surface area contributed by atoms with Crippen LogP contribution in [-0.2, 0) is 6.54 Å². The Balaban J connectivity index is 1.75. The van der Waals surface area contributed by atoms with Crippen molar-refractivity contribution in [2.75, 3.05) is 7.05 Å². The highest BCUT2D eigenvalue weighted by Gasteiger charge is 2.15. The van der Waals surface area contributed by atoms with Crippen molar-refractivity contribution in [2.24, 2.45) is 0 Å². The van der Waals surface area contributed by atoms with E-state index in [1.54, 1.807) is 41.4 Å². The fourth-order valence-corrected chi connectivity index (χ4v) is 2.06. The van der Waals surface area contributed by atoms with Gasteiger partial charge in [0.05, 0.1) is 24.0 Å². The van der Waals surface area contributed by atoms with E-state index in [2.05, 4.69) is 15.1 Å². The molecule has 3 aromatic rings. The van der Waals surface area contributed by atoms with Gasteiger partial charge in [0, 0.05) is 25.6 Å². The number of rotatable bonds is 4. The van der Waals surface area contributed by atoms with Crippen LogP contribution in [-0.4, -0.2) is 37.6 Å². The third-order valence-electron chi connectivity index (χ3n) is 3.14. The Kier molecular flexibility index (Phi) is 3.51. The molecule has 1 amide bonds. The van der Waals surface area contributed by atoms with Crippen LogP contribution < -0.4 is 0 Å². The lowest BCUT2D eigenvalue weighted by Gasteiger charge is -2.14. The Morgan fingerprint density at radius 2 is 2.14 bits per heavy atom. The molecule has 21 heavy (non-hydrogen) atoms. The molecule has 0 saturated heterocycles. The fraction of sp³-hybridized carbons (Fsp3) is 0.133. The van der Waals surface area contributed by atoms with Crippen LogP contribution in [0.25, 0.3) is 5.69 Å². The first-order chi connectivity index (χ1) is 10.2.